The molecule has 144 valence electrons. The van der Waals surface area contributed by atoms with Crippen molar-refractivity contribution in [3.8, 4) is 5.75 Å². The molecule has 2 aromatic carbocycles. The lowest BCUT2D eigenvalue weighted by Gasteiger charge is -2.17. The monoisotopic (exact) mass is 380 g/mol. The zero-order chi connectivity index (χ0) is 20.3. The minimum atomic E-state index is -0.519. The molecular formula is C20H20N4O4. The predicted molar refractivity (Wildman–Crippen MR) is 106 cm³/mol. The number of nitrogens with one attached hydrogen (secondary N) is 1. The number of non-ortho nitro benzene ring substituents is 1. The minimum absolute atomic E-state index is 0.0314. The van der Waals surface area contributed by atoms with Gasteiger partial charge >= 0.3 is 5.56 Å². The summed E-state index contributed by atoms with van der Waals surface area (Å²) >= 11 is 0. The first-order valence-electron chi connectivity index (χ1n) is 8.61. The predicted octanol–water partition coefficient (Wildman–Crippen LogP) is 3.57. The van der Waals surface area contributed by atoms with Crippen molar-refractivity contribution >= 4 is 17.3 Å². The number of nitro groups is 1. The van der Waals surface area contributed by atoms with Crippen molar-refractivity contribution in [1.29, 1.82) is 0 Å². The third-order valence-electron chi connectivity index (χ3n) is 4.49. The Morgan fingerprint density at radius 2 is 1.93 bits per heavy atom. The van der Waals surface area contributed by atoms with Crippen LogP contribution in [0.15, 0.2) is 53.5 Å². The van der Waals surface area contributed by atoms with E-state index in [0.29, 0.717) is 12.2 Å². The first-order chi connectivity index (χ1) is 13.4. The van der Waals surface area contributed by atoms with Gasteiger partial charge < -0.3 is 14.6 Å². The van der Waals surface area contributed by atoms with Gasteiger partial charge in [0.2, 0.25) is 11.7 Å². The maximum Gasteiger partial charge on any atom is 0.316 e. The second kappa shape index (κ2) is 7.91. The molecule has 1 N–H and O–H groups in total. The Morgan fingerprint density at radius 3 is 2.57 bits per heavy atom. The van der Waals surface area contributed by atoms with Crippen molar-refractivity contribution in [2.75, 3.05) is 12.4 Å². The molecule has 0 bridgehead atoms. The lowest BCUT2D eigenvalue weighted by atomic mass is 10.1. The van der Waals surface area contributed by atoms with Gasteiger partial charge in [-0.1, -0.05) is 30.3 Å². The molecule has 0 saturated carbocycles. The highest BCUT2D eigenvalue weighted by atomic mass is 16.6. The van der Waals surface area contributed by atoms with E-state index in [4.69, 9.17) is 4.74 Å². The van der Waals surface area contributed by atoms with E-state index in [-0.39, 0.29) is 17.4 Å². The van der Waals surface area contributed by atoms with Crippen molar-refractivity contribution in [2.45, 2.75) is 20.4 Å². The number of hydrogen-bond acceptors (Lipinski definition) is 6. The smallest absolute Gasteiger partial charge is 0.316 e. The number of aromatic nitrogens is 2. The highest BCUT2D eigenvalue weighted by molar-refractivity contribution is 5.65. The molecule has 28 heavy (non-hydrogen) atoms. The number of anilines is 2. The summed E-state index contributed by atoms with van der Waals surface area (Å²) < 4.78 is 6.85. The maximum absolute atomic E-state index is 12.2. The molecule has 0 atom stereocenters. The molecular weight excluding hydrogens is 360 g/mol. The Morgan fingerprint density at radius 1 is 1.21 bits per heavy atom. The van der Waals surface area contributed by atoms with E-state index in [1.165, 1.54) is 19.2 Å². The van der Waals surface area contributed by atoms with Gasteiger partial charge in [-0.3, -0.25) is 14.9 Å². The highest BCUT2D eigenvalue weighted by Crippen LogP contribution is 2.28. The Kier molecular flexibility index (Phi) is 5.39. The Bertz CT molecular complexity index is 1080. The number of nitrogens with zero attached hydrogens (tertiary/aromatic N) is 3. The van der Waals surface area contributed by atoms with Crippen LogP contribution >= 0.6 is 0 Å². The molecule has 0 unspecified atom stereocenters. The fourth-order valence-corrected chi connectivity index (χ4v) is 2.81. The second-order valence-electron chi connectivity index (χ2n) is 6.37. The number of aryl methyl sites for hydroxylation is 1. The van der Waals surface area contributed by atoms with Gasteiger partial charge in [-0.15, -0.1) is 0 Å². The molecule has 8 nitrogen and oxygen atoms in total. The molecule has 0 radical (unpaired) electrons. The van der Waals surface area contributed by atoms with Gasteiger partial charge in [-0.2, -0.15) is 4.98 Å². The van der Waals surface area contributed by atoms with Crippen LogP contribution in [0, 0.1) is 24.0 Å². The third-order valence-corrected chi connectivity index (χ3v) is 4.49. The van der Waals surface area contributed by atoms with Crippen molar-refractivity contribution < 1.29 is 9.66 Å². The Hall–Kier alpha value is -3.68. The van der Waals surface area contributed by atoms with Gasteiger partial charge in [0, 0.05) is 12.1 Å². The molecule has 3 rings (SSSR count). The van der Waals surface area contributed by atoms with Gasteiger partial charge in [-0.05, 0) is 30.5 Å². The van der Waals surface area contributed by atoms with Crippen LogP contribution in [0.2, 0.25) is 0 Å². The van der Waals surface area contributed by atoms with Gasteiger partial charge in [0.1, 0.15) is 0 Å². The summed E-state index contributed by atoms with van der Waals surface area (Å²) in [5.41, 5.74) is 2.57. The lowest BCUT2D eigenvalue weighted by molar-refractivity contribution is -0.384. The third kappa shape index (κ3) is 4.01. The number of benzene rings is 2. The number of rotatable bonds is 6. The van der Waals surface area contributed by atoms with Gasteiger partial charge in [0.25, 0.3) is 5.69 Å². The molecule has 1 aromatic heterocycles. The second-order valence-corrected chi connectivity index (χ2v) is 6.37. The molecule has 0 fully saturated rings. The molecule has 0 amide bonds. The molecule has 0 aliphatic rings. The summed E-state index contributed by atoms with van der Waals surface area (Å²) in [6.45, 7) is 4.09. The first kappa shape index (κ1) is 19.1. The first-order valence-corrected chi connectivity index (χ1v) is 8.61. The molecule has 8 heteroatoms. The molecule has 3 aromatic rings. The summed E-state index contributed by atoms with van der Waals surface area (Å²) in [4.78, 5) is 27.0. The number of hydrogen-bond donors (Lipinski definition) is 1. The molecule has 0 spiro atoms. The standard InChI is InChI=1S/C20H20N4O4/c1-13-9-16(24(26)27)10-17(14(13)2)21-20-22-19(25)18(28-3)12-23(20)11-15-7-5-4-6-8-15/h4-10,12H,11H2,1-3H3,(H,21,22,25). The quantitative estimate of drug-likeness (QED) is 0.518. The van der Waals surface area contributed by atoms with Crippen LogP contribution < -0.4 is 15.6 Å². The van der Waals surface area contributed by atoms with Crippen molar-refractivity contribution in [1.82, 2.24) is 9.55 Å². The fraction of sp³-hybridized carbons (Fsp3) is 0.200. The summed E-state index contributed by atoms with van der Waals surface area (Å²) in [7, 11) is 1.41. The summed E-state index contributed by atoms with van der Waals surface area (Å²) in [5.74, 6) is 0.395. The average Bonchev–Trinajstić information content (AvgIpc) is 2.67. The van der Waals surface area contributed by atoms with Gasteiger partial charge in [-0.25, -0.2) is 0 Å². The summed E-state index contributed by atoms with van der Waals surface area (Å²) in [6, 6.07) is 12.6. The van der Waals surface area contributed by atoms with Crippen LogP contribution in [-0.4, -0.2) is 21.6 Å². The number of nitro benzene ring substituents is 1. The maximum atomic E-state index is 12.2. The normalized spacial score (nSPS) is 10.5. The molecule has 0 aliphatic heterocycles. The molecule has 1 heterocycles. The zero-order valence-electron chi connectivity index (χ0n) is 15.8. The Balaban J connectivity index is 2.07. The van der Waals surface area contributed by atoms with E-state index in [2.05, 4.69) is 10.3 Å². The van der Waals surface area contributed by atoms with Crippen LogP contribution in [0.3, 0.4) is 0 Å². The van der Waals surface area contributed by atoms with Gasteiger partial charge in [0.05, 0.1) is 30.5 Å². The Labute approximate surface area is 161 Å². The minimum Gasteiger partial charge on any atom is -0.490 e. The van der Waals surface area contributed by atoms with Crippen LogP contribution in [0.25, 0.3) is 0 Å². The van der Waals surface area contributed by atoms with Crippen LogP contribution in [0.1, 0.15) is 16.7 Å². The van der Waals surface area contributed by atoms with Crippen LogP contribution in [-0.2, 0) is 6.54 Å². The van der Waals surface area contributed by atoms with E-state index in [1.54, 1.807) is 17.7 Å². The largest absolute Gasteiger partial charge is 0.490 e. The van der Waals surface area contributed by atoms with E-state index < -0.39 is 10.5 Å². The van der Waals surface area contributed by atoms with E-state index >= 15 is 0 Å². The van der Waals surface area contributed by atoms with Crippen LogP contribution in [0.4, 0.5) is 17.3 Å². The van der Waals surface area contributed by atoms with Crippen molar-refractivity contribution in [3.05, 3.63) is 85.8 Å². The van der Waals surface area contributed by atoms with Crippen molar-refractivity contribution in [2.24, 2.45) is 0 Å². The van der Waals surface area contributed by atoms with Crippen LogP contribution in [0.5, 0.6) is 5.75 Å². The SMILES string of the molecule is COc1cn(Cc2ccccc2)c(Nc2cc([N+](=O)[O-])cc(C)c2C)nc1=O. The number of methoxy groups -OCH3 is 1. The average molecular weight is 380 g/mol. The summed E-state index contributed by atoms with van der Waals surface area (Å²) in [6.07, 6.45) is 1.57. The molecule has 0 saturated heterocycles. The molecule has 0 aliphatic carbocycles. The van der Waals surface area contributed by atoms with Gasteiger partial charge in [0.15, 0.2) is 0 Å². The lowest BCUT2D eigenvalue weighted by Crippen LogP contribution is -2.19. The van der Waals surface area contributed by atoms with Crippen molar-refractivity contribution in [3.63, 3.8) is 0 Å². The highest BCUT2D eigenvalue weighted by Gasteiger charge is 2.15. The number of ether oxygens (including phenoxy) is 1. The summed E-state index contributed by atoms with van der Waals surface area (Å²) in [5, 5.41) is 14.3. The van der Waals surface area contributed by atoms with E-state index in [9.17, 15) is 14.9 Å². The topological polar surface area (TPSA) is 99.3 Å². The fourth-order valence-electron chi connectivity index (χ4n) is 2.81. The van der Waals surface area contributed by atoms with E-state index in [1.807, 2.05) is 37.3 Å². The van der Waals surface area contributed by atoms with E-state index in [0.717, 1.165) is 16.7 Å². The zero-order valence-corrected chi connectivity index (χ0v) is 15.8.